The highest BCUT2D eigenvalue weighted by Gasteiger charge is 2.07. The van der Waals surface area contributed by atoms with Crippen LogP contribution in [0.1, 0.15) is 18.9 Å². The summed E-state index contributed by atoms with van der Waals surface area (Å²) in [6.45, 7) is 1.98. The number of benzene rings is 2. The SMILES string of the molecule is C[C@H](CCc1ccc(O)cc1)NC(=O)Nc1ccccc1. The summed E-state index contributed by atoms with van der Waals surface area (Å²) in [6, 6.07) is 16.4. The number of nitrogens with one attached hydrogen (secondary N) is 2. The smallest absolute Gasteiger partial charge is 0.319 e. The van der Waals surface area contributed by atoms with Gasteiger partial charge in [-0.05, 0) is 49.6 Å². The highest BCUT2D eigenvalue weighted by Crippen LogP contribution is 2.12. The Labute approximate surface area is 124 Å². The third-order valence-corrected chi connectivity index (χ3v) is 3.21. The lowest BCUT2D eigenvalue weighted by Crippen LogP contribution is -2.36. The number of rotatable bonds is 5. The lowest BCUT2D eigenvalue weighted by molar-refractivity contribution is 0.248. The molecule has 2 rings (SSSR count). The third-order valence-electron chi connectivity index (χ3n) is 3.21. The van der Waals surface area contributed by atoms with Crippen LogP contribution in [0, 0.1) is 0 Å². The fraction of sp³-hybridized carbons (Fsp3) is 0.235. The molecular formula is C17H20N2O2. The lowest BCUT2D eigenvalue weighted by atomic mass is 10.1. The van der Waals surface area contributed by atoms with Gasteiger partial charge in [0.2, 0.25) is 0 Å². The van der Waals surface area contributed by atoms with Crippen LogP contribution in [0.2, 0.25) is 0 Å². The van der Waals surface area contributed by atoms with E-state index in [0.29, 0.717) is 0 Å². The van der Waals surface area contributed by atoms with Crippen molar-refractivity contribution in [3.05, 3.63) is 60.2 Å². The van der Waals surface area contributed by atoms with Gasteiger partial charge in [-0.3, -0.25) is 0 Å². The molecule has 2 aromatic carbocycles. The number of aryl methyl sites for hydroxylation is 1. The van der Waals surface area contributed by atoms with Crippen molar-refractivity contribution in [2.75, 3.05) is 5.32 Å². The van der Waals surface area contributed by atoms with Gasteiger partial charge in [0.15, 0.2) is 0 Å². The van der Waals surface area contributed by atoms with E-state index < -0.39 is 0 Å². The Morgan fingerprint density at radius 1 is 1.10 bits per heavy atom. The second-order valence-corrected chi connectivity index (χ2v) is 5.07. The van der Waals surface area contributed by atoms with E-state index in [1.54, 1.807) is 12.1 Å². The molecular weight excluding hydrogens is 264 g/mol. The van der Waals surface area contributed by atoms with Gasteiger partial charge in [0.25, 0.3) is 0 Å². The minimum Gasteiger partial charge on any atom is -0.508 e. The van der Waals surface area contributed by atoms with Gasteiger partial charge in [0.05, 0.1) is 0 Å². The number of hydrogen-bond donors (Lipinski definition) is 3. The number of phenolic OH excluding ortho intramolecular Hbond substituents is 1. The summed E-state index contributed by atoms with van der Waals surface area (Å²) in [6.07, 6.45) is 1.69. The van der Waals surface area contributed by atoms with Crippen LogP contribution in [-0.2, 0) is 6.42 Å². The first-order valence-electron chi connectivity index (χ1n) is 7.04. The number of anilines is 1. The maximum atomic E-state index is 11.8. The Bertz CT molecular complexity index is 567. The van der Waals surface area contributed by atoms with E-state index in [1.165, 1.54) is 0 Å². The van der Waals surface area contributed by atoms with Crippen LogP contribution < -0.4 is 10.6 Å². The molecule has 0 radical (unpaired) electrons. The zero-order chi connectivity index (χ0) is 15.1. The van der Waals surface area contributed by atoms with Gasteiger partial charge in [0, 0.05) is 11.7 Å². The molecule has 2 amide bonds. The molecule has 0 saturated carbocycles. The van der Waals surface area contributed by atoms with E-state index in [2.05, 4.69) is 10.6 Å². The fourth-order valence-corrected chi connectivity index (χ4v) is 2.03. The summed E-state index contributed by atoms with van der Waals surface area (Å²) in [5.74, 6) is 0.271. The van der Waals surface area contributed by atoms with Gasteiger partial charge in [-0.2, -0.15) is 0 Å². The van der Waals surface area contributed by atoms with Crippen molar-refractivity contribution in [2.24, 2.45) is 0 Å². The summed E-state index contributed by atoms with van der Waals surface area (Å²) in [4.78, 5) is 11.8. The largest absolute Gasteiger partial charge is 0.508 e. The van der Waals surface area contributed by atoms with Gasteiger partial charge in [0.1, 0.15) is 5.75 Å². The Kier molecular flexibility index (Phi) is 5.21. The first-order valence-corrected chi connectivity index (χ1v) is 7.04. The molecule has 0 heterocycles. The molecule has 110 valence electrons. The molecule has 1 atom stereocenters. The number of amides is 2. The second-order valence-electron chi connectivity index (χ2n) is 5.07. The second kappa shape index (κ2) is 7.33. The molecule has 0 aliphatic carbocycles. The first kappa shape index (κ1) is 14.9. The predicted octanol–water partition coefficient (Wildman–Crippen LogP) is 3.54. The maximum absolute atomic E-state index is 11.8. The molecule has 0 fully saturated rings. The summed E-state index contributed by atoms with van der Waals surface area (Å²) in [7, 11) is 0. The van der Waals surface area contributed by atoms with Crippen LogP contribution in [0.25, 0.3) is 0 Å². The van der Waals surface area contributed by atoms with Crippen molar-refractivity contribution in [3.63, 3.8) is 0 Å². The number of carbonyl (C=O) groups is 1. The highest BCUT2D eigenvalue weighted by molar-refractivity contribution is 5.89. The molecule has 4 nitrogen and oxygen atoms in total. The Morgan fingerprint density at radius 3 is 2.43 bits per heavy atom. The normalized spacial score (nSPS) is 11.7. The molecule has 0 aliphatic rings. The topological polar surface area (TPSA) is 61.4 Å². The predicted molar refractivity (Wildman–Crippen MR) is 84.5 cm³/mol. The molecule has 3 N–H and O–H groups in total. The van der Waals surface area contributed by atoms with Gasteiger partial charge >= 0.3 is 6.03 Å². The summed E-state index contributed by atoms with van der Waals surface area (Å²) >= 11 is 0. The van der Waals surface area contributed by atoms with Crippen LogP contribution in [0.15, 0.2) is 54.6 Å². The average Bonchev–Trinajstić information content (AvgIpc) is 2.47. The summed E-state index contributed by atoms with van der Waals surface area (Å²) in [5, 5.41) is 14.9. The van der Waals surface area contributed by atoms with Crippen molar-refractivity contribution < 1.29 is 9.90 Å². The molecule has 0 aromatic heterocycles. The number of carbonyl (C=O) groups excluding carboxylic acids is 1. The lowest BCUT2D eigenvalue weighted by Gasteiger charge is -2.14. The average molecular weight is 284 g/mol. The van der Waals surface area contributed by atoms with E-state index >= 15 is 0 Å². The molecule has 0 saturated heterocycles. The van der Waals surface area contributed by atoms with Crippen molar-refractivity contribution >= 4 is 11.7 Å². The van der Waals surface area contributed by atoms with Crippen molar-refractivity contribution in [1.29, 1.82) is 0 Å². The van der Waals surface area contributed by atoms with E-state index in [4.69, 9.17) is 0 Å². The van der Waals surface area contributed by atoms with Crippen LogP contribution in [0.5, 0.6) is 5.75 Å². The van der Waals surface area contributed by atoms with Crippen LogP contribution in [-0.4, -0.2) is 17.2 Å². The van der Waals surface area contributed by atoms with Gasteiger partial charge < -0.3 is 15.7 Å². The van der Waals surface area contributed by atoms with Crippen LogP contribution in [0.4, 0.5) is 10.5 Å². The number of aromatic hydroxyl groups is 1. The monoisotopic (exact) mass is 284 g/mol. The van der Waals surface area contributed by atoms with E-state index in [0.717, 1.165) is 24.1 Å². The quantitative estimate of drug-likeness (QED) is 0.786. The standard InChI is InChI=1S/C17H20N2O2/c1-13(7-8-14-9-11-16(20)12-10-14)18-17(21)19-15-5-3-2-4-6-15/h2-6,9-13,20H,7-8H2,1H3,(H2,18,19,21)/t13-/m1/s1. The zero-order valence-electron chi connectivity index (χ0n) is 12.0. The molecule has 0 bridgehead atoms. The highest BCUT2D eigenvalue weighted by atomic mass is 16.3. The molecule has 2 aromatic rings. The molecule has 0 unspecified atom stereocenters. The minimum atomic E-state index is -0.195. The number of urea groups is 1. The molecule has 21 heavy (non-hydrogen) atoms. The summed E-state index contributed by atoms with van der Waals surface area (Å²) < 4.78 is 0. The first-order chi connectivity index (χ1) is 10.1. The van der Waals surface area contributed by atoms with E-state index in [9.17, 15) is 9.90 Å². The molecule has 0 aliphatic heterocycles. The number of para-hydroxylation sites is 1. The third kappa shape index (κ3) is 5.18. The van der Waals surface area contributed by atoms with Crippen molar-refractivity contribution in [3.8, 4) is 5.75 Å². The van der Waals surface area contributed by atoms with E-state index in [-0.39, 0.29) is 17.8 Å². The van der Waals surface area contributed by atoms with Gasteiger partial charge in [-0.15, -0.1) is 0 Å². The zero-order valence-corrected chi connectivity index (χ0v) is 12.0. The van der Waals surface area contributed by atoms with Gasteiger partial charge in [-0.25, -0.2) is 4.79 Å². The fourth-order valence-electron chi connectivity index (χ4n) is 2.03. The van der Waals surface area contributed by atoms with Crippen molar-refractivity contribution in [2.45, 2.75) is 25.8 Å². The minimum absolute atomic E-state index is 0.0718. The Hall–Kier alpha value is -2.49. The maximum Gasteiger partial charge on any atom is 0.319 e. The molecule has 0 spiro atoms. The van der Waals surface area contributed by atoms with E-state index in [1.807, 2.05) is 49.4 Å². The molecule has 4 heteroatoms. The Balaban J connectivity index is 1.75. The van der Waals surface area contributed by atoms with Gasteiger partial charge in [-0.1, -0.05) is 30.3 Å². The van der Waals surface area contributed by atoms with Crippen molar-refractivity contribution in [1.82, 2.24) is 5.32 Å². The van der Waals surface area contributed by atoms with Crippen LogP contribution in [0.3, 0.4) is 0 Å². The Morgan fingerprint density at radius 2 is 1.76 bits per heavy atom. The summed E-state index contributed by atoms with van der Waals surface area (Å²) in [5.41, 5.74) is 1.92. The van der Waals surface area contributed by atoms with Crippen LogP contribution >= 0.6 is 0 Å². The number of hydrogen-bond acceptors (Lipinski definition) is 2. The number of phenols is 1.